The molecule has 4 heteroatoms. The number of benzene rings is 1. The molecular formula is C16H25N3O. The Morgan fingerprint density at radius 2 is 2.20 bits per heavy atom. The van der Waals surface area contributed by atoms with Crippen molar-refractivity contribution in [2.45, 2.75) is 39.3 Å². The molecular weight excluding hydrogens is 250 g/mol. The average molecular weight is 275 g/mol. The molecule has 1 fully saturated rings. The number of rotatable bonds is 6. The minimum atomic E-state index is -0.0228. The van der Waals surface area contributed by atoms with Crippen LogP contribution in [0, 0.1) is 0 Å². The van der Waals surface area contributed by atoms with Crippen LogP contribution >= 0.6 is 0 Å². The topological polar surface area (TPSA) is 44.4 Å². The van der Waals surface area contributed by atoms with Gasteiger partial charge in [0.05, 0.1) is 0 Å². The molecule has 0 aromatic heterocycles. The van der Waals surface area contributed by atoms with Crippen molar-refractivity contribution in [1.82, 2.24) is 10.2 Å². The van der Waals surface area contributed by atoms with Gasteiger partial charge < -0.3 is 10.6 Å². The van der Waals surface area contributed by atoms with Gasteiger partial charge in [-0.05, 0) is 37.6 Å². The summed E-state index contributed by atoms with van der Waals surface area (Å²) < 4.78 is 0. The number of para-hydroxylation sites is 1. The van der Waals surface area contributed by atoms with Gasteiger partial charge in [-0.3, -0.25) is 9.69 Å². The fourth-order valence-corrected chi connectivity index (χ4v) is 2.90. The van der Waals surface area contributed by atoms with E-state index in [2.05, 4.69) is 28.5 Å². The maximum absolute atomic E-state index is 11.2. The second-order valence-electron chi connectivity index (χ2n) is 5.39. The molecule has 0 spiro atoms. The smallest absolute Gasteiger partial charge is 0.221 e. The predicted molar refractivity (Wildman–Crippen MR) is 82.7 cm³/mol. The Balaban J connectivity index is 1.86. The van der Waals surface area contributed by atoms with E-state index in [-0.39, 0.29) is 5.91 Å². The van der Waals surface area contributed by atoms with E-state index in [4.69, 9.17) is 0 Å². The molecule has 1 aliphatic heterocycles. The standard InChI is InChI=1S/C16H25N3O/c1-3-19-10-6-8-15(19)12-17-11-14-7-4-5-9-16(14)18-13(2)20/h4-5,7,9,15,17H,3,6,8,10-12H2,1-2H3,(H,18,20). The highest BCUT2D eigenvalue weighted by molar-refractivity contribution is 5.89. The molecule has 1 saturated heterocycles. The number of likely N-dealkylation sites (N-methyl/N-ethyl adjacent to an activating group) is 1. The van der Waals surface area contributed by atoms with E-state index in [1.807, 2.05) is 18.2 Å². The number of nitrogens with zero attached hydrogens (tertiary/aromatic N) is 1. The highest BCUT2D eigenvalue weighted by Crippen LogP contribution is 2.17. The number of likely N-dealkylation sites (tertiary alicyclic amines) is 1. The summed E-state index contributed by atoms with van der Waals surface area (Å²) in [6.07, 6.45) is 2.59. The lowest BCUT2D eigenvalue weighted by Gasteiger charge is -2.23. The van der Waals surface area contributed by atoms with Crippen LogP contribution in [0.3, 0.4) is 0 Å². The Morgan fingerprint density at radius 1 is 1.40 bits per heavy atom. The maximum atomic E-state index is 11.2. The lowest BCUT2D eigenvalue weighted by atomic mass is 10.1. The Bertz CT molecular complexity index is 447. The van der Waals surface area contributed by atoms with E-state index in [0.717, 1.165) is 30.9 Å². The molecule has 1 atom stereocenters. The Labute approximate surface area is 121 Å². The van der Waals surface area contributed by atoms with Gasteiger partial charge in [0, 0.05) is 31.7 Å². The van der Waals surface area contributed by atoms with Crippen LogP contribution in [0.25, 0.3) is 0 Å². The molecule has 1 unspecified atom stereocenters. The van der Waals surface area contributed by atoms with E-state index in [9.17, 15) is 4.79 Å². The summed E-state index contributed by atoms with van der Waals surface area (Å²) in [6, 6.07) is 8.63. The van der Waals surface area contributed by atoms with Crippen LogP contribution in [0.15, 0.2) is 24.3 Å². The van der Waals surface area contributed by atoms with Crippen molar-refractivity contribution in [1.29, 1.82) is 0 Å². The zero-order chi connectivity index (χ0) is 14.4. The quantitative estimate of drug-likeness (QED) is 0.836. The number of nitrogens with one attached hydrogen (secondary N) is 2. The molecule has 0 aliphatic carbocycles. The Hall–Kier alpha value is -1.39. The van der Waals surface area contributed by atoms with Crippen LogP contribution in [-0.4, -0.2) is 36.5 Å². The molecule has 0 saturated carbocycles. The van der Waals surface area contributed by atoms with Gasteiger partial charge in [0.25, 0.3) is 0 Å². The first kappa shape index (κ1) is 15.0. The fraction of sp³-hybridized carbons (Fsp3) is 0.562. The minimum absolute atomic E-state index is 0.0228. The van der Waals surface area contributed by atoms with Crippen LogP contribution in [-0.2, 0) is 11.3 Å². The maximum Gasteiger partial charge on any atom is 0.221 e. The lowest BCUT2D eigenvalue weighted by molar-refractivity contribution is -0.114. The third-order valence-corrected chi connectivity index (χ3v) is 3.93. The molecule has 1 aromatic rings. The van der Waals surface area contributed by atoms with Crippen LogP contribution in [0.2, 0.25) is 0 Å². The van der Waals surface area contributed by atoms with Crippen molar-refractivity contribution < 1.29 is 4.79 Å². The third kappa shape index (κ3) is 4.05. The number of amides is 1. The van der Waals surface area contributed by atoms with Gasteiger partial charge >= 0.3 is 0 Å². The first-order valence-corrected chi connectivity index (χ1v) is 7.51. The third-order valence-electron chi connectivity index (χ3n) is 3.93. The van der Waals surface area contributed by atoms with Crippen molar-refractivity contribution in [3.63, 3.8) is 0 Å². The fourth-order valence-electron chi connectivity index (χ4n) is 2.90. The van der Waals surface area contributed by atoms with Gasteiger partial charge in [0.15, 0.2) is 0 Å². The molecule has 2 rings (SSSR count). The van der Waals surface area contributed by atoms with Crippen molar-refractivity contribution in [3.8, 4) is 0 Å². The van der Waals surface area contributed by atoms with Crippen molar-refractivity contribution >= 4 is 11.6 Å². The Kier molecular flexibility index (Phi) is 5.56. The van der Waals surface area contributed by atoms with Gasteiger partial charge in [-0.2, -0.15) is 0 Å². The van der Waals surface area contributed by atoms with Gasteiger partial charge in [-0.25, -0.2) is 0 Å². The van der Waals surface area contributed by atoms with Crippen molar-refractivity contribution in [2.75, 3.05) is 25.0 Å². The van der Waals surface area contributed by atoms with Gasteiger partial charge in [0.1, 0.15) is 0 Å². The number of carbonyl (C=O) groups excluding carboxylic acids is 1. The highest BCUT2D eigenvalue weighted by atomic mass is 16.1. The van der Waals surface area contributed by atoms with Crippen LogP contribution < -0.4 is 10.6 Å². The molecule has 110 valence electrons. The Morgan fingerprint density at radius 3 is 2.95 bits per heavy atom. The van der Waals surface area contributed by atoms with E-state index < -0.39 is 0 Å². The summed E-state index contributed by atoms with van der Waals surface area (Å²) in [6.45, 7) is 7.94. The molecule has 0 radical (unpaired) electrons. The largest absolute Gasteiger partial charge is 0.326 e. The number of anilines is 1. The summed E-state index contributed by atoms with van der Waals surface area (Å²) in [5.74, 6) is -0.0228. The second-order valence-corrected chi connectivity index (χ2v) is 5.39. The lowest BCUT2D eigenvalue weighted by Crippen LogP contribution is -2.37. The molecule has 1 heterocycles. The zero-order valence-electron chi connectivity index (χ0n) is 12.5. The SMILES string of the molecule is CCN1CCCC1CNCc1ccccc1NC(C)=O. The van der Waals surface area contributed by atoms with Gasteiger partial charge in [-0.15, -0.1) is 0 Å². The summed E-state index contributed by atoms with van der Waals surface area (Å²) in [5.41, 5.74) is 2.05. The van der Waals surface area contributed by atoms with E-state index in [1.165, 1.54) is 19.4 Å². The first-order valence-electron chi connectivity index (χ1n) is 7.51. The second kappa shape index (κ2) is 7.41. The van der Waals surface area contributed by atoms with E-state index in [1.54, 1.807) is 6.92 Å². The monoisotopic (exact) mass is 275 g/mol. The average Bonchev–Trinajstić information content (AvgIpc) is 2.87. The highest BCUT2D eigenvalue weighted by Gasteiger charge is 2.22. The van der Waals surface area contributed by atoms with E-state index >= 15 is 0 Å². The summed E-state index contributed by atoms with van der Waals surface area (Å²) in [4.78, 5) is 13.7. The van der Waals surface area contributed by atoms with Crippen LogP contribution in [0.5, 0.6) is 0 Å². The van der Waals surface area contributed by atoms with Crippen LogP contribution in [0.1, 0.15) is 32.3 Å². The van der Waals surface area contributed by atoms with Crippen LogP contribution in [0.4, 0.5) is 5.69 Å². The van der Waals surface area contributed by atoms with Gasteiger partial charge in [-0.1, -0.05) is 25.1 Å². The molecule has 1 aromatic carbocycles. The number of carbonyl (C=O) groups is 1. The number of hydrogen-bond donors (Lipinski definition) is 2. The predicted octanol–water partition coefficient (Wildman–Crippen LogP) is 2.22. The van der Waals surface area contributed by atoms with Crippen molar-refractivity contribution in [2.24, 2.45) is 0 Å². The van der Waals surface area contributed by atoms with Crippen molar-refractivity contribution in [3.05, 3.63) is 29.8 Å². The zero-order valence-corrected chi connectivity index (χ0v) is 12.5. The van der Waals surface area contributed by atoms with Gasteiger partial charge in [0.2, 0.25) is 5.91 Å². The normalized spacial score (nSPS) is 19.2. The summed E-state index contributed by atoms with van der Waals surface area (Å²) >= 11 is 0. The molecule has 1 amide bonds. The summed E-state index contributed by atoms with van der Waals surface area (Å²) in [5, 5.41) is 6.41. The number of hydrogen-bond acceptors (Lipinski definition) is 3. The minimum Gasteiger partial charge on any atom is -0.326 e. The molecule has 1 aliphatic rings. The molecule has 0 bridgehead atoms. The first-order chi connectivity index (χ1) is 9.70. The van der Waals surface area contributed by atoms with E-state index in [0.29, 0.717) is 6.04 Å². The summed E-state index contributed by atoms with van der Waals surface area (Å²) in [7, 11) is 0. The molecule has 20 heavy (non-hydrogen) atoms. The molecule has 2 N–H and O–H groups in total. The molecule has 4 nitrogen and oxygen atoms in total.